The van der Waals surface area contributed by atoms with Gasteiger partial charge in [0.1, 0.15) is 0 Å². The Morgan fingerprint density at radius 2 is 1.78 bits per heavy atom. The van der Waals surface area contributed by atoms with Gasteiger partial charge >= 0.3 is 0 Å². The van der Waals surface area contributed by atoms with E-state index in [1.165, 1.54) is 16.9 Å². The Hall–Kier alpha value is -2.17. The number of anilines is 1. The average Bonchev–Trinajstić information content (AvgIpc) is 2.97. The number of carbonyl (C=O) groups is 1. The van der Waals surface area contributed by atoms with E-state index in [0.717, 1.165) is 21.9 Å². The highest BCUT2D eigenvalue weighted by molar-refractivity contribution is 7.15. The third kappa shape index (κ3) is 4.65. The second kappa shape index (κ2) is 7.40. The van der Waals surface area contributed by atoms with Gasteiger partial charge in [-0.1, -0.05) is 54.1 Å². The Morgan fingerprint density at radius 3 is 2.52 bits per heavy atom. The van der Waals surface area contributed by atoms with Gasteiger partial charge in [0.15, 0.2) is 5.13 Å². The quantitative estimate of drug-likeness (QED) is 0.738. The predicted molar refractivity (Wildman–Crippen MR) is 95.1 cm³/mol. The molecule has 0 saturated heterocycles. The molecule has 0 bridgehead atoms. The van der Waals surface area contributed by atoms with Gasteiger partial charge in [0, 0.05) is 22.5 Å². The van der Waals surface area contributed by atoms with Crippen LogP contribution in [-0.4, -0.2) is 10.9 Å². The Balaban J connectivity index is 1.58. The lowest BCUT2D eigenvalue weighted by atomic mass is 10.1. The molecule has 0 atom stereocenters. The number of rotatable bonds is 5. The summed E-state index contributed by atoms with van der Waals surface area (Å²) in [6, 6.07) is 17.4. The molecule has 3 nitrogen and oxygen atoms in total. The van der Waals surface area contributed by atoms with Crippen molar-refractivity contribution in [1.29, 1.82) is 0 Å². The van der Waals surface area contributed by atoms with Crippen LogP contribution in [0.2, 0.25) is 5.02 Å². The van der Waals surface area contributed by atoms with E-state index >= 15 is 0 Å². The lowest BCUT2D eigenvalue weighted by Gasteiger charge is -2.01. The summed E-state index contributed by atoms with van der Waals surface area (Å²) in [4.78, 5) is 17.4. The van der Waals surface area contributed by atoms with Crippen LogP contribution in [0.15, 0.2) is 60.8 Å². The molecule has 116 valence electrons. The predicted octanol–water partition coefficient (Wildman–Crippen LogP) is 4.57. The second-order valence-electron chi connectivity index (χ2n) is 5.15. The van der Waals surface area contributed by atoms with Gasteiger partial charge in [0.05, 0.1) is 6.42 Å². The maximum atomic E-state index is 12.0. The molecule has 3 rings (SSSR count). The fourth-order valence-electron chi connectivity index (χ4n) is 2.20. The van der Waals surface area contributed by atoms with Crippen molar-refractivity contribution in [3.63, 3.8) is 0 Å². The largest absolute Gasteiger partial charge is 0.302 e. The van der Waals surface area contributed by atoms with Gasteiger partial charge in [0.25, 0.3) is 0 Å². The van der Waals surface area contributed by atoms with Crippen LogP contribution in [0.4, 0.5) is 5.13 Å². The Labute approximate surface area is 144 Å². The summed E-state index contributed by atoms with van der Waals surface area (Å²) in [6.45, 7) is 0. The molecular formula is C18H15ClN2OS. The molecular weight excluding hydrogens is 328 g/mol. The first-order valence-corrected chi connectivity index (χ1v) is 8.41. The van der Waals surface area contributed by atoms with E-state index in [2.05, 4.69) is 10.3 Å². The van der Waals surface area contributed by atoms with Crippen molar-refractivity contribution in [1.82, 2.24) is 4.98 Å². The number of nitrogens with one attached hydrogen (secondary N) is 1. The third-order valence-electron chi connectivity index (χ3n) is 3.30. The lowest BCUT2D eigenvalue weighted by Crippen LogP contribution is -2.13. The first-order valence-electron chi connectivity index (χ1n) is 7.22. The summed E-state index contributed by atoms with van der Waals surface area (Å²) >= 11 is 7.38. The molecule has 0 saturated carbocycles. The monoisotopic (exact) mass is 342 g/mol. The van der Waals surface area contributed by atoms with Crippen LogP contribution in [0.25, 0.3) is 0 Å². The molecule has 0 unspecified atom stereocenters. The van der Waals surface area contributed by atoms with Crippen LogP contribution in [0.3, 0.4) is 0 Å². The van der Waals surface area contributed by atoms with Crippen molar-refractivity contribution in [2.75, 3.05) is 5.32 Å². The van der Waals surface area contributed by atoms with Gasteiger partial charge < -0.3 is 5.32 Å². The van der Waals surface area contributed by atoms with Gasteiger partial charge in [-0.2, -0.15) is 0 Å². The van der Waals surface area contributed by atoms with Crippen molar-refractivity contribution < 1.29 is 4.79 Å². The molecule has 1 heterocycles. The summed E-state index contributed by atoms with van der Waals surface area (Å²) in [6.07, 6.45) is 2.94. The van der Waals surface area contributed by atoms with Crippen LogP contribution in [0, 0.1) is 0 Å². The van der Waals surface area contributed by atoms with Gasteiger partial charge in [-0.25, -0.2) is 4.98 Å². The Bertz CT molecular complexity index is 784. The van der Waals surface area contributed by atoms with Gasteiger partial charge in [-0.05, 0) is 23.3 Å². The molecule has 0 spiro atoms. The average molecular weight is 343 g/mol. The molecule has 23 heavy (non-hydrogen) atoms. The van der Waals surface area contributed by atoms with Crippen molar-refractivity contribution >= 4 is 34.0 Å². The SMILES string of the molecule is O=C(Cc1ccccc1)Nc1ncc(Cc2ccc(Cl)cc2)s1. The molecule has 2 aromatic carbocycles. The number of aromatic nitrogens is 1. The van der Waals surface area contributed by atoms with Gasteiger partial charge in [-0.15, -0.1) is 11.3 Å². The van der Waals surface area contributed by atoms with E-state index in [-0.39, 0.29) is 5.91 Å². The lowest BCUT2D eigenvalue weighted by molar-refractivity contribution is -0.115. The minimum absolute atomic E-state index is 0.0522. The molecule has 1 N–H and O–H groups in total. The zero-order chi connectivity index (χ0) is 16.1. The van der Waals surface area contributed by atoms with Crippen molar-refractivity contribution in [3.8, 4) is 0 Å². The summed E-state index contributed by atoms with van der Waals surface area (Å²) in [5.41, 5.74) is 2.16. The molecule has 0 aliphatic rings. The van der Waals surface area contributed by atoms with Gasteiger partial charge in [-0.3, -0.25) is 4.79 Å². The van der Waals surface area contributed by atoms with E-state index in [1.54, 1.807) is 6.20 Å². The van der Waals surface area contributed by atoms with E-state index in [9.17, 15) is 4.79 Å². The smallest absolute Gasteiger partial charge is 0.230 e. The normalized spacial score (nSPS) is 10.5. The Kier molecular flexibility index (Phi) is 5.05. The number of halogens is 1. The van der Waals surface area contributed by atoms with Crippen LogP contribution < -0.4 is 5.32 Å². The highest BCUT2D eigenvalue weighted by Gasteiger charge is 2.08. The fourth-order valence-corrected chi connectivity index (χ4v) is 3.18. The topological polar surface area (TPSA) is 42.0 Å². The number of hydrogen-bond acceptors (Lipinski definition) is 3. The van der Waals surface area contributed by atoms with E-state index in [4.69, 9.17) is 11.6 Å². The molecule has 5 heteroatoms. The maximum absolute atomic E-state index is 12.0. The first kappa shape index (κ1) is 15.7. The minimum Gasteiger partial charge on any atom is -0.302 e. The maximum Gasteiger partial charge on any atom is 0.230 e. The van der Waals surface area contributed by atoms with E-state index in [0.29, 0.717) is 11.6 Å². The van der Waals surface area contributed by atoms with Crippen LogP contribution in [-0.2, 0) is 17.6 Å². The molecule has 1 aromatic heterocycles. The minimum atomic E-state index is -0.0522. The highest BCUT2D eigenvalue weighted by atomic mass is 35.5. The first-order chi connectivity index (χ1) is 11.2. The summed E-state index contributed by atoms with van der Waals surface area (Å²) < 4.78 is 0. The van der Waals surface area contributed by atoms with Crippen LogP contribution in [0.5, 0.6) is 0 Å². The second-order valence-corrected chi connectivity index (χ2v) is 6.70. The summed E-state index contributed by atoms with van der Waals surface area (Å²) in [5.74, 6) is -0.0522. The van der Waals surface area contributed by atoms with Crippen molar-refractivity contribution in [3.05, 3.63) is 81.8 Å². The van der Waals surface area contributed by atoms with Gasteiger partial charge in [0.2, 0.25) is 5.91 Å². The number of thiazole rings is 1. The number of benzene rings is 2. The highest BCUT2D eigenvalue weighted by Crippen LogP contribution is 2.22. The van der Waals surface area contributed by atoms with E-state index < -0.39 is 0 Å². The zero-order valence-corrected chi connectivity index (χ0v) is 13.9. The van der Waals surface area contributed by atoms with E-state index in [1.807, 2.05) is 54.6 Å². The number of amides is 1. The van der Waals surface area contributed by atoms with Crippen molar-refractivity contribution in [2.45, 2.75) is 12.8 Å². The summed E-state index contributed by atoms with van der Waals surface area (Å²) in [7, 11) is 0. The zero-order valence-electron chi connectivity index (χ0n) is 12.3. The van der Waals surface area contributed by atoms with Crippen LogP contribution in [0.1, 0.15) is 16.0 Å². The summed E-state index contributed by atoms with van der Waals surface area (Å²) in [5, 5.41) is 4.22. The number of carbonyl (C=O) groups excluding carboxylic acids is 1. The molecule has 0 fully saturated rings. The molecule has 1 amide bonds. The Morgan fingerprint density at radius 1 is 1.04 bits per heavy atom. The number of nitrogens with zero attached hydrogens (tertiary/aromatic N) is 1. The number of hydrogen-bond donors (Lipinski definition) is 1. The van der Waals surface area contributed by atoms with Crippen molar-refractivity contribution in [2.24, 2.45) is 0 Å². The molecule has 3 aromatic rings. The standard InChI is InChI=1S/C18H15ClN2OS/c19-15-8-6-14(7-9-15)10-16-12-20-18(23-16)21-17(22)11-13-4-2-1-3-5-13/h1-9,12H,10-11H2,(H,20,21,22). The molecule has 0 aliphatic carbocycles. The molecule has 0 aliphatic heterocycles. The third-order valence-corrected chi connectivity index (χ3v) is 4.46. The fraction of sp³-hybridized carbons (Fsp3) is 0.111. The molecule has 0 radical (unpaired) electrons. The van der Waals surface area contributed by atoms with Crippen LogP contribution >= 0.6 is 22.9 Å².